The zero-order valence-electron chi connectivity index (χ0n) is 15.0. The third-order valence-corrected chi connectivity index (χ3v) is 4.69. The van der Waals surface area contributed by atoms with E-state index in [9.17, 15) is 5.11 Å². The van der Waals surface area contributed by atoms with Gasteiger partial charge in [0.2, 0.25) is 0 Å². The van der Waals surface area contributed by atoms with E-state index in [1.165, 1.54) is 32.1 Å². The quantitative estimate of drug-likeness (QED) is 0.756. The van der Waals surface area contributed by atoms with Crippen LogP contribution in [0.1, 0.15) is 73.1 Å². The molecule has 3 heteroatoms. The van der Waals surface area contributed by atoms with Crippen LogP contribution in [-0.4, -0.2) is 47.8 Å². The van der Waals surface area contributed by atoms with Crippen molar-refractivity contribution in [2.75, 3.05) is 26.2 Å². The SMILES string of the molecule is CCCC(C)(CNC(C)(C)C)CN1CCCCCC1CO. The van der Waals surface area contributed by atoms with Gasteiger partial charge in [0.1, 0.15) is 0 Å². The minimum atomic E-state index is 0.171. The molecule has 0 aromatic carbocycles. The number of aliphatic hydroxyl groups excluding tert-OH is 1. The van der Waals surface area contributed by atoms with Gasteiger partial charge in [-0.3, -0.25) is 4.90 Å². The number of nitrogens with zero attached hydrogens (tertiary/aromatic N) is 1. The molecule has 1 aliphatic heterocycles. The van der Waals surface area contributed by atoms with Gasteiger partial charge in [-0.15, -0.1) is 0 Å². The maximum Gasteiger partial charge on any atom is 0.0586 e. The second-order valence-electron chi connectivity index (χ2n) is 8.32. The van der Waals surface area contributed by atoms with Crippen LogP contribution >= 0.6 is 0 Å². The summed E-state index contributed by atoms with van der Waals surface area (Å²) in [4.78, 5) is 2.56. The Morgan fingerprint density at radius 3 is 2.43 bits per heavy atom. The lowest BCUT2D eigenvalue weighted by molar-refractivity contribution is 0.0726. The maximum atomic E-state index is 9.72. The van der Waals surface area contributed by atoms with Crippen molar-refractivity contribution in [2.45, 2.75) is 84.7 Å². The molecule has 1 fully saturated rings. The Balaban J connectivity index is 2.69. The zero-order chi connectivity index (χ0) is 15.9. The molecule has 2 atom stereocenters. The minimum absolute atomic E-state index is 0.171. The monoisotopic (exact) mass is 298 g/mol. The van der Waals surface area contributed by atoms with Gasteiger partial charge >= 0.3 is 0 Å². The molecule has 1 aliphatic rings. The lowest BCUT2D eigenvalue weighted by atomic mass is 9.83. The van der Waals surface area contributed by atoms with Gasteiger partial charge in [-0.25, -0.2) is 0 Å². The lowest BCUT2D eigenvalue weighted by Crippen LogP contribution is -2.50. The molecule has 126 valence electrons. The Kier molecular flexibility index (Phi) is 7.66. The van der Waals surface area contributed by atoms with Crippen LogP contribution in [-0.2, 0) is 0 Å². The summed E-state index contributed by atoms with van der Waals surface area (Å²) in [6, 6.07) is 0.373. The second kappa shape index (κ2) is 8.50. The normalized spacial score (nSPS) is 24.6. The molecular formula is C18H38N2O. The molecule has 2 N–H and O–H groups in total. The Morgan fingerprint density at radius 1 is 1.14 bits per heavy atom. The first-order valence-corrected chi connectivity index (χ1v) is 8.89. The van der Waals surface area contributed by atoms with E-state index in [0.29, 0.717) is 18.1 Å². The summed E-state index contributed by atoms with van der Waals surface area (Å²) in [5.41, 5.74) is 0.462. The van der Waals surface area contributed by atoms with Crippen molar-refractivity contribution in [3.8, 4) is 0 Å². The van der Waals surface area contributed by atoms with Crippen LogP contribution in [0.3, 0.4) is 0 Å². The van der Waals surface area contributed by atoms with Gasteiger partial charge in [-0.05, 0) is 52.0 Å². The van der Waals surface area contributed by atoms with E-state index in [1.54, 1.807) is 0 Å². The fraction of sp³-hybridized carbons (Fsp3) is 1.00. The summed E-state index contributed by atoms with van der Waals surface area (Å²) in [7, 11) is 0. The first kappa shape index (κ1) is 18.9. The Bertz CT molecular complexity index is 287. The highest BCUT2D eigenvalue weighted by Crippen LogP contribution is 2.28. The third-order valence-electron chi connectivity index (χ3n) is 4.69. The second-order valence-corrected chi connectivity index (χ2v) is 8.32. The van der Waals surface area contributed by atoms with Crippen LogP contribution < -0.4 is 5.32 Å². The number of rotatable bonds is 7. The molecule has 21 heavy (non-hydrogen) atoms. The van der Waals surface area contributed by atoms with Gasteiger partial charge in [0.15, 0.2) is 0 Å². The largest absolute Gasteiger partial charge is 0.395 e. The molecule has 1 saturated heterocycles. The van der Waals surface area contributed by atoms with Crippen molar-refractivity contribution in [1.82, 2.24) is 10.2 Å². The molecule has 1 heterocycles. The van der Waals surface area contributed by atoms with Crippen molar-refractivity contribution < 1.29 is 5.11 Å². The minimum Gasteiger partial charge on any atom is -0.395 e. The lowest BCUT2D eigenvalue weighted by Gasteiger charge is -2.40. The number of nitrogens with one attached hydrogen (secondary N) is 1. The van der Waals surface area contributed by atoms with Gasteiger partial charge in [0.25, 0.3) is 0 Å². The molecule has 2 unspecified atom stereocenters. The highest BCUT2D eigenvalue weighted by atomic mass is 16.3. The topological polar surface area (TPSA) is 35.5 Å². The van der Waals surface area contributed by atoms with Gasteiger partial charge < -0.3 is 10.4 Å². The summed E-state index contributed by atoms with van der Waals surface area (Å²) in [5, 5.41) is 13.4. The third kappa shape index (κ3) is 7.12. The van der Waals surface area contributed by atoms with Crippen molar-refractivity contribution in [1.29, 1.82) is 0 Å². The standard InChI is InChI=1S/C18H38N2O/c1-6-11-18(5,14-19-17(2,3)4)15-20-12-9-7-8-10-16(20)13-21/h16,19,21H,6-15H2,1-5H3. The van der Waals surface area contributed by atoms with E-state index in [1.807, 2.05) is 0 Å². The zero-order valence-corrected chi connectivity index (χ0v) is 15.0. The molecule has 0 amide bonds. The van der Waals surface area contributed by atoms with Crippen LogP contribution in [0.15, 0.2) is 0 Å². The van der Waals surface area contributed by atoms with E-state index in [-0.39, 0.29) is 5.54 Å². The molecule has 0 bridgehead atoms. The average Bonchev–Trinajstić information content (AvgIpc) is 2.61. The predicted molar refractivity (Wildman–Crippen MR) is 91.7 cm³/mol. The summed E-state index contributed by atoms with van der Waals surface area (Å²) >= 11 is 0. The van der Waals surface area contributed by atoms with Crippen molar-refractivity contribution in [3.05, 3.63) is 0 Å². The van der Waals surface area contributed by atoms with Crippen LogP contribution in [0, 0.1) is 5.41 Å². The molecule has 0 aromatic rings. The Hall–Kier alpha value is -0.120. The fourth-order valence-corrected chi connectivity index (χ4v) is 3.45. The average molecular weight is 299 g/mol. The van der Waals surface area contributed by atoms with Crippen LogP contribution in [0.5, 0.6) is 0 Å². The maximum absolute atomic E-state index is 9.72. The predicted octanol–water partition coefficient (Wildman–Crippen LogP) is 3.42. The number of likely N-dealkylation sites (tertiary alicyclic amines) is 1. The van der Waals surface area contributed by atoms with Gasteiger partial charge in [0, 0.05) is 24.7 Å². The Labute approximate surface area is 132 Å². The summed E-state index contributed by atoms with van der Waals surface area (Å²) in [6.45, 7) is 15.0. The van der Waals surface area contributed by atoms with Gasteiger partial charge in [-0.1, -0.05) is 33.1 Å². The summed E-state index contributed by atoms with van der Waals surface area (Å²) < 4.78 is 0. The molecule has 0 radical (unpaired) electrons. The van der Waals surface area contributed by atoms with Crippen LogP contribution in [0.25, 0.3) is 0 Å². The number of aliphatic hydroxyl groups is 1. The summed E-state index contributed by atoms with van der Waals surface area (Å²) in [6.07, 6.45) is 7.49. The molecule has 0 spiro atoms. The molecule has 0 aliphatic carbocycles. The molecule has 1 rings (SSSR count). The number of hydrogen-bond acceptors (Lipinski definition) is 3. The first-order valence-electron chi connectivity index (χ1n) is 8.89. The van der Waals surface area contributed by atoms with E-state index < -0.39 is 0 Å². The van der Waals surface area contributed by atoms with E-state index in [2.05, 4.69) is 44.8 Å². The smallest absolute Gasteiger partial charge is 0.0586 e. The van der Waals surface area contributed by atoms with Crippen molar-refractivity contribution in [2.24, 2.45) is 5.41 Å². The fourth-order valence-electron chi connectivity index (χ4n) is 3.45. The van der Waals surface area contributed by atoms with E-state index in [0.717, 1.165) is 26.1 Å². The highest BCUT2D eigenvalue weighted by Gasteiger charge is 2.31. The Morgan fingerprint density at radius 2 is 1.86 bits per heavy atom. The summed E-state index contributed by atoms with van der Waals surface area (Å²) in [5.74, 6) is 0. The number of hydrogen-bond donors (Lipinski definition) is 2. The molecule has 0 saturated carbocycles. The molecular weight excluding hydrogens is 260 g/mol. The van der Waals surface area contributed by atoms with Crippen molar-refractivity contribution in [3.63, 3.8) is 0 Å². The molecule has 0 aromatic heterocycles. The van der Waals surface area contributed by atoms with Crippen LogP contribution in [0.4, 0.5) is 0 Å². The highest BCUT2D eigenvalue weighted by molar-refractivity contribution is 4.87. The van der Waals surface area contributed by atoms with E-state index >= 15 is 0 Å². The van der Waals surface area contributed by atoms with E-state index in [4.69, 9.17) is 0 Å². The first-order chi connectivity index (χ1) is 9.79. The van der Waals surface area contributed by atoms with Crippen LogP contribution in [0.2, 0.25) is 0 Å². The van der Waals surface area contributed by atoms with Crippen molar-refractivity contribution >= 4 is 0 Å². The van der Waals surface area contributed by atoms with Gasteiger partial charge in [0.05, 0.1) is 6.61 Å². The molecule has 3 nitrogen and oxygen atoms in total. The van der Waals surface area contributed by atoms with Gasteiger partial charge in [-0.2, -0.15) is 0 Å².